The van der Waals surface area contributed by atoms with Gasteiger partial charge in [-0.15, -0.1) is 0 Å². The largest absolute Gasteiger partial charge is 0.497 e. The molecule has 0 saturated heterocycles. The predicted octanol–water partition coefficient (Wildman–Crippen LogP) is 2.18. The fourth-order valence-corrected chi connectivity index (χ4v) is 2.80. The highest BCUT2D eigenvalue weighted by atomic mass is 32.2. The second-order valence-electron chi connectivity index (χ2n) is 4.87. The summed E-state index contributed by atoms with van der Waals surface area (Å²) in [6.45, 7) is 0. The molecule has 0 fully saturated rings. The molecule has 6 heteroatoms. The van der Waals surface area contributed by atoms with E-state index in [0.29, 0.717) is 16.9 Å². The van der Waals surface area contributed by atoms with Gasteiger partial charge < -0.3 is 4.74 Å². The Morgan fingerprint density at radius 3 is 1.77 bits per heavy atom. The van der Waals surface area contributed by atoms with Gasteiger partial charge in [0.2, 0.25) is 10.0 Å². The van der Waals surface area contributed by atoms with Crippen LogP contribution < -0.4 is 4.74 Å². The number of nitrogens with zero attached hydrogens (tertiary/aromatic N) is 1. The summed E-state index contributed by atoms with van der Waals surface area (Å²) in [4.78, 5) is 12.5. The van der Waals surface area contributed by atoms with Gasteiger partial charge in [-0.2, -0.15) is 0 Å². The summed E-state index contributed by atoms with van der Waals surface area (Å²) >= 11 is 0. The van der Waals surface area contributed by atoms with Crippen molar-refractivity contribution >= 4 is 15.8 Å². The van der Waals surface area contributed by atoms with Crippen molar-refractivity contribution in [3.8, 4) is 5.75 Å². The molecule has 0 aliphatic rings. The van der Waals surface area contributed by atoms with Crippen LogP contribution in [0.25, 0.3) is 0 Å². The normalized spacial score (nSPS) is 11.5. The van der Waals surface area contributed by atoms with Crippen LogP contribution in [0.1, 0.15) is 15.9 Å². The van der Waals surface area contributed by atoms with Crippen molar-refractivity contribution in [3.05, 3.63) is 59.7 Å². The first-order chi connectivity index (χ1) is 10.4. The number of methoxy groups -OCH3 is 1. The summed E-state index contributed by atoms with van der Waals surface area (Å²) in [7, 11) is 0.997. The van der Waals surface area contributed by atoms with Crippen molar-refractivity contribution in [1.29, 1.82) is 0 Å². The van der Waals surface area contributed by atoms with Crippen molar-refractivity contribution in [2.45, 2.75) is 4.90 Å². The molecule has 0 atom stereocenters. The van der Waals surface area contributed by atoms with Crippen LogP contribution in [0.3, 0.4) is 0 Å². The lowest BCUT2D eigenvalue weighted by Crippen LogP contribution is -2.22. The first-order valence-corrected chi connectivity index (χ1v) is 8.01. The van der Waals surface area contributed by atoms with E-state index in [-0.39, 0.29) is 10.7 Å². The topological polar surface area (TPSA) is 63.7 Å². The van der Waals surface area contributed by atoms with Crippen molar-refractivity contribution in [2.75, 3.05) is 21.2 Å². The molecule has 0 bridgehead atoms. The van der Waals surface area contributed by atoms with Crippen LogP contribution >= 0.6 is 0 Å². The lowest BCUT2D eigenvalue weighted by atomic mass is 10.0. The molecule has 2 aromatic rings. The summed E-state index contributed by atoms with van der Waals surface area (Å²) in [6.07, 6.45) is 0. The highest BCUT2D eigenvalue weighted by molar-refractivity contribution is 7.89. The Hall–Kier alpha value is -2.18. The lowest BCUT2D eigenvalue weighted by Gasteiger charge is -2.11. The van der Waals surface area contributed by atoms with Crippen LogP contribution in [0.15, 0.2) is 53.4 Å². The Labute approximate surface area is 130 Å². The van der Waals surface area contributed by atoms with Crippen molar-refractivity contribution in [1.82, 2.24) is 4.31 Å². The number of hydrogen-bond acceptors (Lipinski definition) is 4. The van der Waals surface area contributed by atoms with Gasteiger partial charge in [-0.25, -0.2) is 12.7 Å². The molecule has 0 aromatic heterocycles. The third-order valence-electron chi connectivity index (χ3n) is 3.25. The summed E-state index contributed by atoms with van der Waals surface area (Å²) in [5.41, 5.74) is 0.951. The number of benzene rings is 2. The quantitative estimate of drug-likeness (QED) is 0.792. The molecule has 2 rings (SSSR count). The van der Waals surface area contributed by atoms with Gasteiger partial charge in [0.15, 0.2) is 5.78 Å². The molecule has 0 spiro atoms. The first kappa shape index (κ1) is 16.2. The number of ketones is 1. The van der Waals surface area contributed by atoms with Crippen LogP contribution in [-0.2, 0) is 10.0 Å². The molecule has 0 aliphatic carbocycles. The second-order valence-corrected chi connectivity index (χ2v) is 7.02. The second kappa shape index (κ2) is 6.29. The van der Waals surface area contributed by atoms with Crippen LogP contribution in [-0.4, -0.2) is 39.7 Å². The van der Waals surface area contributed by atoms with E-state index in [4.69, 9.17) is 4.74 Å². The highest BCUT2D eigenvalue weighted by Crippen LogP contribution is 2.18. The molecule has 22 heavy (non-hydrogen) atoms. The molecule has 2 aromatic carbocycles. The Bertz CT molecular complexity index is 763. The first-order valence-electron chi connectivity index (χ1n) is 6.57. The number of carbonyl (C=O) groups is 1. The monoisotopic (exact) mass is 319 g/mol. The molecule has 0 unspecified atom stereocenters. The Morgan fingerprint density at radius 2 is 1.36 bits per heavy atom. The fourth-order valence-electron chi connectivity index (χ4n) is 1.90. The Balaban J connectivity index is 2.28. The van der Waals surface area contributed by atoms with Gasteiger partial charge >= 0.3 is 0 Å². The zero-order valence-electron chi connectivity index (χ0n) is 12.6. The summed E-state index contributed by atoms with van der Waals surface area (Å²) in [5.74, 6) is 0.500. The molecule has 0 aliphatic heterocycles. The predicted molar refractivity (Wildman–Crippen MR) is 83.7 cm³/mol. The number of sulfonamides is 1. The molecule has 0 saturated carbocycles. The van der Waals surface area contributed by atoms with Gasteiger partial charge in [0.1, 0.15) is 5.75 Å². The molecule has 0 amide bonds. The summed E-state index contributed by atoms with van der Waals surface area (Å²) in [5, 5.41) is 0. The number of rotatable bonds is 5. The van der Waals surface area contributed by atoms with E-state index in [0.717, 1.165) is 4.31 Å². The van der Waals surface area contributed by atoms with Crippen LogP contribution in [0, 0.1) is 0 Å². The van der Waals surface area contributed by atoms with E-state index in [2.05, 4.69) is 0 Å². The van der Waals surface area contributed by atoms with E-state index < -0.39 is 10.0 Å². The third kappa shape index (κ3) is 3.18. The number of hydrogen-bond donors (Lipinski definition) is 0. The molecule has 0 radical (unpaired) electrons. The molecule has 116 valence electrons. The summed E-state index contributed by atoms with van der Waals surface area (Å²) in [6, 6.07) is 12.7. The number of carbonyl (C=O) groups excluding carboxylic acids is 1. The van der Waals surface area contributed by atoms with Gasteiger partial charge in [0.05, 0.1) is 12.0 Å². The highest BCUT2D eigenvalue weighted by Gasteiger charge is 2.17. The summed E-state index contributed by atoms with van der Waals surface area (Å²) < 4.78 is 30.1. The SMILES string of the molecule is COc1ccc(C(=O)c2ccc(S(=O)(=O)N(C)C)cc2)cc1. The standard InChI is InChI=1S/C16H17NO4S/c1-17(2)22(19,20)15-10-6-13(7-11-15)16(18)12-4-8-14(21-3)9-5-12/h4-11H,1-3H3. The van der Waals surface area contributed by atoms with Crippen LogP contribution in [0.2, 0.25) is 0 Å². The molecule has 5 nitrogen and oxygen atoms in total. The third-order valence-corrected chi connectivity index (χ3v) is 5.08. The lowest BCUT2D eigenvalue weighted by molar-refractivity contribution is 0.103. The average Bonchev–Trinajstić information content (AvgIpc) is 2.54. The van der Waals surface area contributed by atoms with Crippen LogP contribution in [0.4, 0.5) is 0 Å². The van der Waals surface area contributed by atoms with E-state index in [1.165, 1.54) is 38.4 Å². The smallest absolute Gasteiger partial charge is 0.242 e. The Kier molecular flexibility index (Phi) is 4.63. The zero-order chi connectivity index (χ0) is 16.3. The van der Waals surface area contributed by atoms with Crippen molar-refractivity contribution < 1.29 is 17.9 Å². The Morgan fingerprint density at radius 1 is 0.909 bits per heavy atom. The average molecular weight is 319 g/mol. The number of ether oxygens (including phenoxy) is 1. The maximum atomic E-state index is 12.3. The minimum Gasteiger partial charge on any atom is -0.497 e. The van der Waals surface area contributed by atoms with Gasteiger partial charge in [0, 0.05) is 25.2 Å². The van der Waals surface area contributed by atoms with Crippen molar-refractivity contribution in [2.24, 2.45) is 0 Å². The maximum absolute atomic E-state index is 12.3. The van der Waals surface area contributed by atoms with E-state index >= 15 is 0 Å². The van der Waals surface area contributed by atoms with Gasteiger partial charge in [0.25, 0.3) is 0 Å². The van der Waals surface area contributed by atoms with Gasteiger partial charge in [-0.05, 0) is 48.5 Å². The molecule has 0 heterocycles. The van der Waals surface area contributed by atoms with Crippen molar-refractivity contribution in [3.63, 3.8) is 0 Å². The molecular formula is C16H17NO4S. The molecular weight excluding hydrogens is 302 g/mol. The van der Waals surface area contributed by atoms with E-state index in [1.54, 1.807) is 31.4 Å². The van der Waals surface area contributed by atoms with E-state index in [1.807, 2.05) is 0 Å². The van der Waals surface area contributed by atoms with Gasteiger partial charge in [-0.1, -0.05) is 0 Å². The van der Waals surface area contributed by atoms with E-state index in [9.17, 15) is 13.2 Å². The fraction of sp³-hybridized carbons (Fsp3) is 0.188. The minimum atomic E-state index is -3.49. The maximum Gasteiger partial charge on any atom is 0.242 e. The van der Waals surface area contributed by atoms with Crippen LogP contribution in [0.5, 0.6) is 5.75 Å². The van der Waals surface area contributed by atoms with Gasteiger partial charge in [-0.3, -0.25) is 4.79 Å². The molecule has 0 N–H and O–H groups in total. The zero-order valence-corrected chi connectivity index (χ0v) is 13.4. The minimum absolute atomic E-state index is 0.156.